The van der Waals surface area contributed by atoms with Gasteiger partial charge in [0.05, 0.1) is 36.8 Å². The molecule has 3 rings (SSSR count). The summed E-state index contributed by atoms with van der Waals surface area (Å²) in [6.07, 6.45) is 4.54. The van der Waals surface area contributed by atoms with Gasteiger partial charge in [0.1, 0.15) is 0 Å². The summed E-state index contributed by atoms with van der Waals surface area (Å²) in [6, 6.07) is 4.92. The van der Waals surface area contributed by atoms with Crippen LogP contribution in [0.3, 0.4) is 0 Å². The number of pyridine rings is 1. The highest BCUT2D eigenvalue weighted by Crippen LogP contribution is 2.29. The molecule has 0 spiro atoms. The Balaban J connectivity index is 1.72. The van der Waals surface area contributed by atoms with Crippen LogP contribution in [0.2, 0.25) is 0 Å². The molecule has 0 N–H and O–H groups in total. The fourth-order valence-electron chi connectivity index (χ4n) is 2.89. The normalized spacial score (nSPS) is 25.6. The molecule has 2 saturated heterocycles. The molecule has 4 heteroatoms. The molecule has 0 saturated carbocycles. The summed E-state index contributed by atoms with van der Waals surface area (Å²) in [5, 5.41) is 0. The van der Waals surface area contributed by atoms with Crippen LogP contribution in [0, 0.1) is 0 Å². The quantitative estimate of drug-likeness (QED) is 0.795. The van der Waals surface area contributed by atoms with E-state index in [0.29, 0.717) is 6.04 Å². The molecular weight excluding hydrogens is 226 g/mol. The zero-order valence-electron chi connectivity index (χ0n) is 11.0. The van der Waals surface area contributed by atoms with E-state index in [1.807, 2.05) is 6.20 Å². The van der Waals surface area contributed by atoms with Crippen LogP contribution >= 0.6 is 0 Å². The topological polar surface area (TPSA) is 28.6 Å². The zero-order valence-corrected chi connectivity index (χ0v) is 11.0. The van der Waals surface area contributed by atoms with Gasteiger partial charge in [-0.3, -0.25) is 9.88 Å². The minimum absolute atomic E-state index is 0.517. The Hall–Kier alpha value is -1.13. The van der Waals surface area contributed by atoms with Gasteiger partial charge in [-0.15, -0.1) is 0 Å². The molecule has 1 aromatic heterocycles. The summed E-state index contributed by atoms with van der Waals surface area (Å²) in [6.45, 7) is 4.80. The van der Waals surface area contributed by atoms with Crippen molar-refractivity contribution in [2.24, 2.45) is 0 Å². The lowest BCUT2D eigenvalue weighted by molar-refractivity contribution is 0.122. The van der Waals surface area contributed by atoms with Crippen molar-refractivity contribution in [2.45, 2.75) is 18.9 Å². The Bertz CT molecular complexity index is 387. The number of nitrogens with zero attached hydrogens (tertiary/aromatic N) is 3. The molecule has 0 unspecified atom stereocenters. The van der Waals surface area contributed by atoms with Crippen LogP contribution in [0.4, 0.5) is 5.69 Å². The van der Waals surface area contributed by atoms with Gasteiger partial charge in [-0.05, 0) is 38.6 Å². The van der Waals surface area contributed by atoms with Crippen LogP contribution < -0.4 is 4.90 Å². The van der Waals surface area contributed by atoms with E-state index in [0.717, 1.165) is 26.3 Å². The van der Waals surface area contributed by atoms with E-state index in [2.05, 4.69) is 34.0 Å². The van der Waals surface area contributed by atoms with Gasteiger partial charge in [0.15, 0.2) is 0 Å². The number of hydrogen-bond donors (Lipinski definition) is 0. The largest absolute Gasteiger partial charge is 0.378 e. The first kappa shape index (κ1) is 11.9. The average Bonchev–Trinajstić information content (AvgIpc) is 2.86. The Kier molecular flexibility index (Phi) is 3.48. The van der Waals surface area contributed by atoms with Crippen LogP contribution in [0.1, 0.15) is 24.6 Å². The first-order chi connectivity index (χ1) is 8.84. The van der Waals surface area contributed by atoms with Crippen molar-refractivity contribution in [2.75, 3.05) is 44.8 Å². The van der Waals surface area contributed by atoms with Gasteiger partial charge in [0, 0.05) is 13.1 Å². The minimum Gasteiger partial charge on any atom is -0.378 e. The molecule has 2 aliphatic heterocycles. The summed E-state index contributed by atoms with van der Waals surface area (Å²) in [5.41, 5.74) is 2.44. The second-order valence-corrected chi connectivity index (χ2v) is 5.18. The third-order valence-corrected chi connectivity index (χ3v) is 4.01. The van der Waals surface area contributed by atoms with E-state index in [4.69, 9.17) is 4.74 Å². The van der Waals surface area contributed by atoms with Crippen molar-refractivity contribution in [3.8, 4) is 0 Å². The standard InChI is InChI=1S/C14H21N3O/c1-16-6-2-3-14(16)13-5-4-12(11-15-13)17-7-9-18-10-8-17/h4-5,11,14H,2-3,6-10H2,1H3/t14-/m1/s1. The molecule has 3 heterocycles. The van der Waals surface area contributed by atoms with Crippen molar-refractivity contribution in [3.63, 3.8) is 0 Å². The predicted octanol–water partition coefficient (Wildman–Crippen LogP) is 1.68. The molecule has 98 valence electrons. The monoisotopic (exact) mass is 247 g/mol. The average molecular weight is 247 g/mol. The molecule has 0 amide bonds. The van der Waals surface area contributed by atoms with E-state index < -0.39 is 0 Å². The van der Waals surface area contributed by atoms with Crippen molar-refractivity contribution < 1.29 is 4.74 Å². The number of likely N-dealkylation sites (tertiary alicyclic amines) is 1. The second kappa shape index (κ2) is 5.24. The van der Waals surface area contributed by atoms with Gasteiger partial charge < -0.3 is 9.64 Å². The Morgan fingerprint density at radius 1 is 1.22 bits per heavy atom. The third kappa shape index (κ3) is 2.35. The van der Waals surface area contributed by atoms with E-state index in [1.54, 1.807) is 0 Å². The molecule has 1 atom stereocenters. The zero-order chi connectivity index (χ0) is 12.4. The SMILES string of the molecule is CN1CCC[C@@H]1c1ccc(N2CCOCC2)cn1. The molecule has 2 fully saturated rings. The summed E-state index contributed by atoms with van der Waals surface area (Å²) >= 11 is 0. The van der Waals surface area contributed by atoms with Crippen molar-refractivity contribution in [1.82, 2.24) is 9.88 Å². The number of hydrogen-bond acceptors (Lipinski definition) is 4. The summed E-state index contributed by atoms with van der Waals surface area (Å²) < 4.78 is 5.37. The molecule has 4 nitrogen and oxygen atoms in total. The molecule has 0 aliphatic carbocycles. The molecule has 18 heavy (non-hydrogen) atoms. The highest BCUT2D eigenvalue weighted by atomic mass is 16.5. The lowest BCUT2D eigenvalue weighted by Crippen LogP contribution is -2.36. The Labute approximate surface area is 109 Å². The van der Waals surface area contributed by atoms with Gasteiger partial charge in [-0.25, -0.2) is 0 Å². The van der Waals surface area contributed by atoms with Gasteiger partial charge in [0.25, 0.3) is 0 Å². The fraction of sp³-hybridized carbons (Fsp3) is 0.643. The highest BCUT2D eigenvalue weighted by molar-refractivity contribution is 5.45. The smallest absolute Gasteiger partial charge is 0.0642 e. The van der Waals surface area contributed by atoms with E-state index in [1.165, 1.54) is 30.8 Å². The Morgan fingerprint density at radius 2 is 2.06 bits per heavy atom. The number of rotatable bonds is 2. The van der Waals surface area contributed by atoms with Crippen LogP contribution in [-0.4, -0.2) is 49.8 Å². The van der Waals surface area contributed by atoms with Crippen LogP contribution in [0.5, 0.6) is 0 Å². The number of aromatic nitrogens is 1. The molecule has 0 radical (unpaired) electrons. The fourth-order valence-corrected chi connectivity index (χ4v) is 2.89. The van der Waals surface area contributed by atoms with Crippen LogP contribution in [0.15, 0.2) is 18.3 Å². The maximum absolute atomic E-state index is 5.37. The first-order valence-electron chi connectivity index (χ1n) is 6.83. The second-order valence-electron chi connectivity index (χ2n) is 5.18. The minimum atomic E-state index is 0.517. The molecular formula is C14H21N3O. The summed E-state index contributed by atoms with van der Waals surface area (Å²) in [7, 11) is 2.19. The number of morpholine rings is 1. The first-order valence-corrected chi connectivity index (χ1v) is 6.83. The van der Waals surface area contributed by atoms with Crippen molar-refractivity contribution in [3.05, 3.63) is 24.0 Å². The number of ether oxygens (including phenoxy) is 1. The lowest BCUT2D eigenvalue weighted by Gasteiger charge is -2.29. The van der Waals surface area contributed by atoms with E-state index >= 15 is 0 Å². The lowest BCUT2D eigenvalue weighted by atomic mass is 10.1. The highest BCUT2D eigenvalue weighted by Gasteiger charge is 2.23. The predicted molar refractivity (Wildman–Crippen MR) is 71.9 cm³/mol. The van der Waals surface area contributed by atoms with E-state index in [9.17, 15) is 0 Å². The van der Waals surface area contributed by atoms with E-state index in [-0.39, 0.29) is 0 Å². The van der Waals surface area contributed by atoms with Crippen molar-refractivity contribution in [1.29, 1.82) is 0 Å². The molecule has 1 aromatic rings. The Morgan fingerprint density at radius 3 is 2.67 bits per heavy atom. The number of anilines is 1. The molecule has 2 aliphatic rings. The summed E-state index contributed by atoms with van der Waals surface area (Å²) in [4.78, 5) is 9.41. The molecule has 0 bridgehead atoms. The van der Waals surface area contributed by atoms with Gasteiger partial charge in [-0.1, -0.05) is 0 Å². The third-order valence-electron chi connectivity index (χ3n) is 4.01. The maximum atomic E-state index is 5.37. The summed E-state index contributed by atoms with van der Waals surface area (Å²) in [5.74, 6) is 0. The van der Waals surface area contributed by atoms with Crippen LogP contribution in [0.25, 0.3) is 0 Å². The maximum Gasteiger partial charge on any atom is 0.0642 e. The van der Waals surface area contributed by atoms with Crippen molar-refractivity contribution >= 4 is 5.69 Å². The van der Waals surface area contributed by atoms with Crippen LogP contribution in [-0.2, 0) is 4.74 Å². The van der Waals surface area contributed by atoms with Gasteiger partial charge in [-0.2, -0.15) is 0 Å². The van der Waals surface area contributed by atoms with Gasteiger partial charge in [0.2, 0.25) is 0 Å². The van der Waals surface area contributed by atoms with Gasteiger partial charge >= 0.3 is 0 Å². The molecule has 0 aromatic carbocycles.